The molecule has 0 bridgehead atoms. The lowest BCUT2D eigenvalue weighted by atomic mass is 10.0. The molecule has 4 heteroatoms. The average molecular weight is 342 g/mol. The summed E-state index contributed by atoms with van der Waals surface area (Å²) in [5, 5.41) is 0. The van der Waals surface area contributed by atoms with Crippen molar-refractivity contribution in [3.8, 4) is 11.5 Å². The van der Waals surface area contributed by atoms with Crippen LogP contribution in [0.15, 0.2) is 42.5 Å². The van der Waals surface area contributed by atoms with Crippen LogP contribution in [-0.2, 0) is 11.2 Å². The first-order valence-corrected chi connectivity index (χ1v) is 8.68. The van der Waals surface area contributed by atoms with E-state index in [1.165, 1.54) is 0 Å². The Balaban J connectivity index is 2.08. The van der Waals surface area contributed by atoms with Gasteiger partial charge in [0.2, 0.25) is 0 Å². The summed E-state index contributed by atoms with van der Waals surface area (Å²) in [4.78, 5) is 11.1. The van der Waals surface area contributed by atoms with E-state index >= 15 is 0 Å². The molecule has 4 nitrogen and oxygen atoms in total. The van der Waals surface area contributed by atoms with Crippen LogP contribution in [-0.4, -0.2) is 33.2 Å². The molecule has 2 rings (SSSR count). The van der Waals surface area contributed by atoms with Crippen LogP contribution in [0.25, 0.3) is 0 Å². The van der Waals surface area contributed by atoms with Gasteiger partial charge in [-0.2, -0.15) is 0 Å². The molecule has 0 amide bonds. The first kappa shape index (κ1) is 19.0. The fraction of sp³-hybridized carbons (Fsp3) is 0.381. The number of carbonyl (C=O) groups excluding carboxylic acids is 1. The predicted octanol–water partition coefficient (Wildman–Crippen LogP) is 4.29. The minimum absolute atomic E-state index is 0.588. The zero-order valence-corrected chi connectivity index (χ0v) is 15.0. The van der Waals surface area contributed by atoms with Gasteiger partial charge in [0.15, 0.2) is 0 Å². The molecular formula is C21H26O4. The normalized spacial score (nSPS) is 10.5. The Bertz CT molecular complexity index is 649. The Morgan fingerprint density at radius 2 is 1.76 bits per heavy atom. The lowest BCUT2D eigenvalue weighted by Crippen LogP contribution is -2.04. The molecule has 0 aliphatic rings. The summed E-state index contributed by atoms with van der Waals surface area (Å²) in [6, 6.07) is 13.6. The molecule has 0 spiro atoms. The number of aldehydes is 1. The highest BCUT2D eigenvalue weighted by Gasteiger charge is 2.07. The number of ether oxygens (including phenoxy) is 3. The summed E-state index contributed by atoms with van der Waals surface area (Å²) in [5.41, 5.74) is 2.81. The highest BCUT2D eigenvalue weighted by Crippen LogP contribution is 2.24. The van der Waals surface area contributed by atoms with Gasteiger partial charge in [0.25, 0.3) is 0 Å². The van der Waals surface area contributed by atoms with Crippen molar-refractivity contribution in [1.29, 1.82) is 0 Å². The van der Waals surface area contributed by atoms with Crippen molar-refractivity contribution in [1.82, 2.24) is 0 Å². The highest BCUT2D eigenvalue weighted by atomic mass is 16.5. The van der Waals surface area contributed by atoms with Gasteiger partial charge in [-0.3, -0.25) is 4.79 Å². The second kappa shape index (κ2) is 10.5. The lowest BCUT2D eigenvalue weighted by Gasteiger charge is -2.13. The molecule has 0 fully saturated rings. The quantitative estimate of drug-likeness (QED) is 0.451. The molecule has 0 saturated heterocycles. The van der Waals surface area contributed by atoms with Crippen molar-refractivity contribution in [2.24, 2.45) is 0 Å². The summed E-state index contributed by atoms with van der Waals surface area (Å²) in [6.45, 7) is 4.06. The minimum atomic E-state index is 0.588. The zero-order chi connectivity index (χ0) is 17.9. The van der Waals surface area contributed by atoms with Crippen LogP contribution in [0.4, 0.5) is 0 Å². The van der Waals surface area contributed by atoms with Crippen LogP contribution < -0.4 is 9.47 Å². The van der Waals surface area contributed by atoms with Crippen molar-refractivity contribution in [3.63, 3.8) is 0 Å². The van der Waals surface area contributed by atoms with E-state index in [0.717, 1.165) is 48.4 Å². The van der Waals surface area contributed by atoms with Crippen molar-refractivity contribution < 1.29 is 19.0 Å². The van der Waals surface area contributed by atoms with Crippen LogP contribution in [0.2, 0.25) is 0 Å². The molecule has 0 unspecified atom stereocenters. The average Bonchev–Trinajstić information content (AvgIpc) is 2.65. The van der Waals surface area contributed by atoms with Gasteiger partial charge in [-0.1, -0.05) is 19.1 Å². The second-order valence-electron chi connectivity index (χ2n) is 5.85. The van der Waals surface area contributed by atoms with E-state index in [4.69, 9.17) is 14.2 Å². The van der Waals surface area contributed by atoms with E-state index in [0.29, 0.717) is 25.2 Å². The topological polar surface area (TPSA) is 44.8 Å². The summed E-state index contributed by atoms with van der Waals surface area (Å²) in [7, 11) is 1.68. The van der Waals surface area contributed by atoms with Gasteiger partial charge in [0.05, 0.1) is 13.2 Å². The van der Waals surface area contributed by atoms with Gasteiger partial charge in [0.1, 0.15) is 17.8 Å². The van der Waals surface area contributed by atoms with Crippen molar-refractivity contribution >= 4 is 6.29 Å². The molecule has 0 radical (unpaired) electrons. The number of hydrogen-bond donors (Lipinski definition) is 0. The van der Waals surface area contributed by atoms with Crippen LogP contribution in [0.3, 0.4) is 0 Å². The first-order chi connectivity index (χ1) is 12.3. The molecule has 0 heterocycles. The minimum Gasteiger partial charge on any atom is -0.494 e. The summed E-state index contributed by atoms with van der Waals surface area (Å²) < 4.78 is 16.5. The Labute approximate surface area is 149 Å². The number of hydrogen-bond acceptors (Lipinski definition) is 4. The molecule has 0 saturated carbocycles. The predicted molar refractivity (Wildman–Crippen MR) is 98.9 cm³/mol. The summed E-state index contributed by atoms with van der Waals surface area (Å²) >= 11 is 0. The van der Waals surface area contributed by atoms with Crippen LogP contribution in [0.5, 0.6) is 11.5 Å². The maximum Gasteiger partial charge on any atom is 0.150 e. The smallest absolute Gasteiger partial charge is 0.150 e. The molecular weight excluding hydrogens is 316 g/mol. The Morgan fingerprint density at radius 1 is 0.960 bits per heavy atom. The molecule has 134 valence electrons. The first-order valence-electron chi connectivity index (χ1n) is 8.68. The fourth-order valence-electron chi connectivity index (χ4n) is 2.48. The van der Waals surface area contributed by atoms with Crippen molar-refractivity contribution in [2.45, 2.75) is 26.2 Å². The molecule has 2 aromatic carbocycles. The second-order valence-corrected chi connectivity index (χ2v) is 5.85. The lowest BCUT2D eigenvalue weighted by molar-refractivity contribution is 0.112. The fourth-order valence-corrected chi connectivity index (χ4v) is 2.48. The zero-order valence-electron chi connectivity index (χ0n) is 15.0. The standard InChI is InChI=1S/C21H26O4/c1-3-11-24-20-8-5-17(6-9-20)14-19-15-18(16-22)7-10-21(19)25-13-4-12-23-2/h5-10,15-16H,3-4,11-14H2,1-2H3. The number of methoxy groups -OCH3 is 1. The molecule has 0 aliphatic carbocycles. The van der Waals surface area contributed by atoms with E-state index in [2.05, 4.69) is 6.92 Å². The van der Waals surface area contributed by atoms with E-state index in [-0.39, 0.29) is 0 Å². The van der Waals surface area contributed by atoms with Crippen LogP contribution in [0, 0.1) is 0 Å². The van der Waals surface area contributed by atoms with Gasteiger partial charge in [-0.05, 0) is 47.9 Å². The largest absolute Gasteiger partial charge is 0.494 e. The highest BCUT2D eigenvalue weighted by molar-refractivity contribution is 5.75. The summed E-state index contributed by atoms with van der Waals surface area (Å²) in [5.74, 6) is 1.69. The van der Waals surface area contributed by atoms with Crippen molar-refractivity contribution in [3.05, 3.63) is 59.2 Å². The SMILES string of the molecule is CCCOc1ccc(Cc2cc(C=O)ccc2OCCCOC)cc1. The monoisotopic (exact) mass is 342 g/mol. The molecule has 0 aromatic heterocycles. The van der Waals surface area contributed by atoms with E-state index in [1.807, 2.05) is 36.4 Å². The number of benzene rings is 2. The van der Waals surface area contributed by atoms with E-state index in [1.54, 1.807) is 13.2 Å². The van der Waals surface area contributed by atoms with Crippen molar-refractivity contribution in [2.75, 3.05) is 26.9 Å². The Kier molecular flexibility index (Phi) is 7.99. The van der Waals surface area contributed by atoms with Gasteiger partial charge in [-0.25, -0.2) is 0 Å². The maximum atomic E-state index is 11.1. The van der Waals surface area contributed by atoms with Crippen LogP contribution in [0.1, 0.15) is 41.3 Å². The maximum absolute atomic E-state index is 11.1. The molecule has 0 aliphatic heterocycles. The molecule has 25 heavy (non-hydrogen) atoms. The van der Waals surface area contributed by atoms with Gasteiger partial charge in [0, 0.05) is 32.1 Å². The van der Waals surface area contributed by atoms with E-state index in [9.17, 15) is 4.79 Å². The number of carbonyl (C=O) groups is 1. The third-order valence-corrected chi connectivity index (χ3v) is 3.76. The van der Waals surface area contributed by atoms with Gasteiger partial charge < -0.3 is 14.2 Å². The summed E-state index contributed by atoms with van der Waals surface area (Å²) in [6.07, 6.45) is 3.38. The van der Waals surface area contributed by atoms with Gasteiger partial charge >= 0.3 is 0 Å². The number of rotatable bonds is 11. The third-order valence-electron chi connectivity index (χ3n) is 3.76. The molecule has 0 N–H and O–H groups in total. The Morgan fingerprint density at radius 3 is 2.44 bits per heavy atom. The van der Waals surface area contributed by atoms with E-state index < -0.39 is 0 Å². The van der Waals surface area contributed by atoms with Gasteiger partial charge in [-0.15, -0.1) is 0 Å². The third kappa shape index (κ3) is 6.24. The molecule has 2 aromatic rings. The van der Waals surface area contributed by atoms with Crippen LogP contribution >= 0.6 is 0 Å². The Hall–Kier alpha value is -2.33. The molecule has 0 atom stereocenters.